The molecule has 1 atom stereocenters. The molecule has 2 aromatic heterocycles. The van der Waals surface area contributed by atoms with Crippen molar-refractivity contribution in [3.8, 4) is 0 Å². The number of carbonyl (C=O) groups excluding carboxylic acids is 2. The number of nitrogens with zero attached hydrogens (tertiary/aromatic N) is 4. The monoisotopic (exact) mass is 602 g/mol. The minimum Gasteiger partial charge on any atom is -0.383 e. The molecule has 4 rings (SSSR count). The Balaban J connectivity index is 1.60. The topological polar surface area (TPSA) is 137 Å². The Hall–Kier alpha value is -4.38. The number of rotatable bonds is 15. The SMILES string of the molecule is CCC/C(=N\c1c(C)c(=O)n(C2CC2)c(=O)n1CCC)c1ccc(C(=O)N[C@H](Cc2ccccc2)C(=O)NCCOC)nc1. The molecule has 0 radical (unpaired) electrons. The first-order valence-corrected chi connectivity index (χ1v) is 15.3. The maximum absolute atomic E-state index is 13.3. The third-order valence-corrected chi connectivity index (χ3v) is 7.49. The van der Waals surface area contributed by atoms with Crippen LogP contribution in [0.5, 0.6) is 0 Å². The third-order valence-electron chi connectivity index (χ3n) is 7.49. The molecule has 1 aliphatic rings. The second-order valence-corrected chi connectivity index (χ2v) is 11.0. The van der Waals surface area contributed by atoms with Crippen LogP contribution in [-0.2, 0) is 22.5 Å². The van der Waals surface area contributed by atoms with Crippen molar-refractivity contribution in [2.24, 2.45) is 4.99 Å². The van der Waals surface area contributed by atoms with E-state index in [0.717, 1.165) is 31.2 Å². The molecular weight excluding hydrogens is 560 g/mol. The third kappa shape index (κ3) is 7.96. The highest BCUT2D eigenvalue weighted by molar-refractivity contribution is 6.02. The number of aliphatic imine (C=N–C) groups is 1. The normalized spacial score (nSPS) is 13.9. The summed E-state index contributed by atoms with van der Waals surface area (Å²) < 4.78 is 8.00. The average Bonchev–Trinajstić information content (AvgIpc) is 3.87. The van der Waals surface area contributed by atoms with E-state index in [1.807, 2.05) is 44.2 Å². The Labute approximate surface area is 257 Å². The number of nitrogens with one attached hydrogen (secondary N) is 2. The van der Waals surface area contributed by atoms with Crippen molar-refractivity contribution in [1.29, 1.82) is 0 Å². The Morgan fingerprint density at radius 3 is 2.45 bits per heavy atom. The number of amides is 2. The summed E-state index contributed by atoms with van der Waals surface area (Å²) in [6.45, 7) is 6.85. The molecule has 0 spiro atoms. The van der Waals surface area contributed by atoms with Crippen molar-refractivity contribution in [2.45, 2.75) is 77.9 Å². The van der Waals surface area contributed by atoms with E-state index in [4.69, 9.17) is 9.73 Å². The van der Waals surface area contributed by atoms with E-state index in [-0.39, 0.29) is 28.9 Å². The second kappa shape index (κ2) is 15.4. The summed E-state index contributed by atoms with van der Waals surface area (Å²) in [6.07, 6.45) is 5.63. The zero-order valence-corrected chi connectivity index (χ0v) is 26.0. The Kier molecular flexibility index (Phi) is 11.4. The Morgan fingerprint density at radius 2 is 1.84 bits per heavy atom. The summed E-state index contributed by atoms with van der Waals surface area (Å²) >= 11 is 0. The molecule has 2 heterocycles. The van der Waals surface area contributed by atoms with Crippen molar-refractivity contribution in [1.82, 2.24) is 24.8 Å². The number of aromatic nitrogens is 3. The summed E-state index contributed by atoms with van der Waals surface area (Å²) in [7, 11) is 1.55. The van der Waals surface area contributed by atoms with E-state index in [9.17, 15) is 19.2 Å². The van der Waals surface area contributed by atoms with E-state index < -0.39 is 11.9 Å². The average molecular weight is 603 g/mol. The fraction of sp³-hybridized carbons (Fsp3) is 0.455. The zero-order chi connectivity index (χ0) is 31.6. The lowest BCUT2D eigenvalue weighted by Gasteiger charge is -2.19. The highest BCUT2D eigenvalue weighted by Crippen LogP contribution is 2.33. The molecule has 2 N–H and O–H groups in total. The molecule has 11 heteroatoms. The molecular formula is C33H42N6O5. The second-order valence-electron chi connectivity index (χ2n) is 11.0. The lowest BCUT2D eigenvalue weighted by atomic mass is 10.0. The number of methoxy groups -OCH3 is 1. The van der Waals surface area contributed by atoms with E-state index in [1.54, 1.807) is 36.9 Å². The van der Waals surface area contributed by atoms with Gasteiger partial charge in [0.1, 0.15) is 17.6 Å². The first-order valence-electron chi connectivity index (χ1n) is 15.3. The maximum atomic E-state index is 13.3. The number of hydrogen-bond donors (Lipinski definition) is 2. The van der Waals surface area contributed by atoms with Gasteiger partial charge in [-0.05, 0) is 50.3 Å². The van der Waals surface area contributed by atoms with E-state index >= 15 is 0 Å². The molecule has 11 nitrogen and oxygen atoms in total. The van der Waals surface area contributed by atoms with E-state index in [0.29, 0.717) is 55.2 Å². The van der Waals surface area contributed by atoms with Crippen LogP contribution < -0.4 is 21.9 Å². The maximum Gasteiger partial charge on any atom is 0.332 e. The first-order chi connectivity index (χ1) is 21.3. The van der Waals surface area contributed by atoms with Crippen LogP contribution in [0.15, 0.2) is 63.2 Å². The van der Waals surface area contributed by atoms with Gasteiger partial charge < -0.3 is 15.4 Å². The van der Waals surface area contributed by atoms with Crippen molar-refractivity contribution < 1.29 is 14.3 Å². The van der Waals surface area contributed by atoms with Crippen LogP contribution in [0.2, 0.25) is 0 Å². The Bertz CT molecular complexity index is 1590. The molecule has 3 aromatic rings. The summed E-state index contributed by atoms with van der Waals surface area (Å²) in [5, 5.41) is 5.62. The van der Waals surface area contributed by atoms with Gasteiger partial charge in [-0.3, -0.25) is 28.5 Å². The highest BCUT2D eigenvalue weighted by atomic mass is 16.5. The standard InChI is InChI=1S/C33H42N6O5/c1-5-10-26(36-29-22(3)32(42)39(25-14-15-25)33(43)38(29)18-6-2)24-13-16-27(35-21-24)31(41)37-28(30(40)34-17-19-44-4)20-23-11-8-7-9-12-23/h7-9,11-13,16,21,25,28H,5-6,10,14-15,17-20H2,1-4H3,(H,34,40)(H,37,41)/b36-26+/t28-/m1/s1. The van der Waals surface area contributed by atoms with Crippen LogP contribution in [0.4, 0.5) is 5.82 Å². The van der Waals surface area contributed by atoms with Crippen LogP contribution in [0.25, 0.3) is 0 Å². The van der Waals surface area contributed by atoms with Gasteiger partial charge in [-0.1, -0.05) is 50.6 Å². The molecule has 44 heavy (non-hydrogen) atoms. The van der Waals surface area contributed by atoms with Gasteiger partial charge in [0, 0.05) is 44.4 Å². The smallest absolute Gasteiger partial charge is 0.332 e. The molecule has 0 unspecified atom stereocenters. The number of benzene rings is 1. The zero-order valence-electron chi connectivity index (χ0n) is 26.0. The minimum atomic E-state index is -0.809. The predicted molar refractivity (Wildman–Crippen MR) is 170 cm³/mol. The van der Waals surface area contributed by atoms with Crippen molar-refractivity contribution in [2.75, 3.05) is 20.3 Å². The molecule has 0 bridgehead atoms. The molecule has 1 aliphatic carbocycles. The van der Waals surface area contributed by atoms with Gasteiger partial charge >= 0.3 is 5.69 Å². The van der Waals surface area contributed by atoms with Gasteiger partial charge in [-0.25, -0.2) is 9.79 Å². The first kappa shape index (κ1) is 32.5. The van der Waals surface area contributed by atoms with Gasteiger partial charge in [0.2, 0.25) is 5.91 Å². The fourth-order valence-corrected chi connectivity index (χ4v) is 5.03. The van der Waals surface area contributed by atoms with Crippen LogP contribution >= 0.6 is 0 Å². The van der Waals surface area contributed by atoms with Crippen LogP contribution in [0.3, 0.4) is 0 Å². The van der Waals surface area contributed by atoms with Crippen LogP contribution in [-0.4, -0.2) is 57.9 Å². The number of carbonyl (C=O) groups is 2. The summed E-state index contributed by atoms with van der Waals surface area (Å²) in [5.74, 6) is -0.428. The lowest BCUT2D eigenvalue weighted by molar-refractivity contribution is -0.123. The van der Waals surface area contributed by atoms with Crippen molar-refractivity contribution in [3.63, 3.8) is 0 Å². The quantitative estimate of drug-likeness (QED) is 0.202. The molecule has 1 aromatic carbocycles. The molecule has 0 aliphatic heterocycles. The molecule has 0 saturated heterocycles. The molecule has 2 amide bonds. The molecule has 1 fully saturated rings. The number of hydrogen-bond acceptors (Lipinski definition) is 7. The Morgan fingerprint density at radius 1 is 1.09 bits per heavy atom. The van der Waals surface area contributed by atoms with E-state index in [2.05, 4.69) is 15.6 Å². The summed E-state index contributed by atoms with van der Waals surface area (Å²) in [6, 6.07) is 12.0. The van der Waals surface area contributed by atoms with Gasteiger partial charge in [0.15, 0.2) is 0 Å². The molecule has 1 saturated carbocycles. The predicted octanol–water partition coefficient (Wildman–Crippen LogP) is 3.48. The fourth-order valence-electron chi connectivity index (χ4n) is 5.03. The van der Waals surface area contributed by atoms with Gasteiger partial charge in [-0.2, -0.15) is 0 Å². The minimum absolute atomic E-state index is 0.0310. The van der Waals surface area contributed by atoms with Gasteiger partial charge in [0.25, 0.3) is 11.5 Å². The molecule has 234 valence electrons. The lowest BCUT2D eigenvalue weighted by Crippen LogP contribution is -2.48. The summed E-state index contributed by atoms with van der Waals surface area (Å²) in [5.41, 5.74) is 2.24. The number of pyridine rings is 1. The largest absolute Gasteiger partial charge is 0.383 e. The van der Waals surface area contributed by atoms with Gasteiger partial charge in [0.05, 0.1) is 17.9 Å². The van der Waals surface area contributed by atoms with Gasteiger partial charge in [-0.15, -0.1) is 0 Å². The van der Waals surface area contributed by atoms with Crippen LogP contribution in [0, 0.1) is 6.92 Å². The van der Waals surface area contributed by atoms with Crippen molar-refractivity contribution >= 4 is 23.3 Å². The summed E-state index contributed by atoms with van der Waals surface area (Å²) in [4.78, 5) is 61.9. The number of ether oxygens (including phenoxy) is 1. The van der Waals surface area contributed by atoms with Crippen molar-refractivity contribution in [3.05, 3.63) is 91.9 Å². The highest BCUT2D eigenvalue weighted by Gasteiger charge is 2.30. The van der Waals surface area contributed by atoms with E-state index in [1.165, 1.54) is 4.57 Å². The van der Waals surface area contributed by atoms with Crippen LogP contribution in [0.1, 0.15) is 79.2 Å².